The van der Waals surface area contributed by atoms with Crippen molar-refractivity contribution in [1.29, 1.82) is 5.26 Å². The molecule has 1 aromatic heterocycles. The second kappa shape index (κ2) is 13.5. The molecule has 2 saturated carbocycles. The Hall–Kier alpha value is -6.18. The van der Waals surface area contributed by atoms with Gasteiger partial charge in [-0.2, -0.15) is 5.26 Å². The number of nitrogens with zero attached hydrogens (tertiary/aromatic N) is 4. The Morgan fingerprint density at radius 2 is 1.07 bits per heavy atom. The minimum Gasteiger partial charge on any atom is -0.208 e. The third-order valence-electron chi connectivity index (χ3n) is 13.0. The van der Waals surface area contributed by atoms with Crippen LogP contribution in [-0.2, 0) is 10.8 Å². The fourth-order valence-electron chi connectivity index (χ4n) is 11.2. The molecule has 2 bridgehead atoms. The van der Waals surface area contributed by atoms with Crippen molar-refractivity contribution in [3.8, 4) is 51.4 Å². The Labute approximate surface area is 330 Å². The Morgan fingerprint density at radius 3 is 1.80 bits per heavy atom. The molecule has 3 aliphatic carbocycles. The van der Waals surface area contributed by atoms with Gasteiger partial charge in [-0.1, -0.05) is 153 Å². The Bertz CT molecular complexity index is 2600. The van der Waals surface area contributed by atoms with Crippen LogP contribution in [0.15, 0.2) is 152 Å². The molecule has 0 saturated heterocycles. The quantitative estimate of drug-likeness (QED) is 0.171. The van der Waals surface area contributed by atoms with Gasteiger partial charge in [0.1, 0.15) is 0 Å². The van der Waals surface area contributed by atoms with Crippen LogP contribution in [0.25, 0.3) is 45.3 Å². The van der Waals surface area contributed by atoms with E-state index in [1.165, 1.54) is 65.5 Å². The summed E-state index contributed by atoms with van der Waals surface area (Å²) in [4.78, 5) is 15.4. The van der Waals surface area contributed by atoms with Gasteiger partial charge in [-0.05, 0) is 106 Å². The lowest BCUT2D eigenvalue weighted by Crippen LogP contribution is -2.42. The van der Waals surface area contributed by atoms with E-state index in [9.17, 15) is 5.26 Å². The van der Waals surface area contributed by atoms with Gasteiger partial charge in [0, 0.05) is 16.7 Å². The highest BCUT2D eigenvalue weighted by atomic mass is 15.0. The molecule has 3 unspecified atom stereocenters. The summed E-state index contributed by atoms with van der Waals surface area (Å²) < 4.78 is 0. The fourth-order valence-corrected chi connectivity index (χ4v) is 11.2. The van der Waals surface area contributed by atoms with Crippen molar-refractivity contribution < 1.29 is 0 Å². The van der Waals surface area contributed by atoms with Crippen LogP contribution < -0.4 is 0 Å². The summed E-state index contributed by atoms with van der Waals surface area (Å²) in [5, 5.41) is 9.75. The molecule has 7 aromatic rings. The minimum absolute atomic E-state index is 0.261. The van der Waals surface area contributed by atoms with E-state index in [1.807, 2.05) is 54.6 Å². The van der Waals surface area contributed by atoms with E-state index >= 15 is 0 Å². The lowest BCUT2D eigenvalue weighted by atomic mass is 9.54. The zero-order chi connectivity index (χ0) is 37.9. The molecular weight excluding hydrogens is 681 g/mol. The van der Waals surface area contributed by atoms with Crippen molar-refractivity contribution >= 4 is 0 Å². The number of aromatic nitrogens is 3. The van der Waals surface area contributed by atoms with E-state index in [1.54, 1.807) is 0 Å². The first-order chi connectivity index (χ1) is 27.4. The molecule has 4 heteroatoms. The monoisotopic (exact) mass is 724 g/mol. The van der Waals surface area contributed by atoms with Crippen molar-refractivity contribution in [3.63, 3.8) is 0 Å². The van der Waals surface area contributed by atoms with Gasteiger partial charge in [-0.25, -0.2) is 15.0 Å². The van der Waals surface area contributed by atoms with Crippen LogP contribution in [0, 0.1) is 29.1 Å². The van der Waals surface area contributed by atoms with E-state index in [-0.39, 0.29) is 5.41 Å². The Kier molecular flexibility index (Phi) is 8.29. The molecular formula is C52H44N4. The average Bonchev–Trinajstić information content (AvgIpc) is 3.55. The normalized spacial score (nSPS) is 23.5. The smallest absolute Gasteiger partial charge is 0.164 e. The molecule has 272 valence electrons. The Balaban J connectivity index is 1.19. The van der Waals surface area contributed by atoms with Crippen molar-refractivity contribution in [3.05, 3.63) is 185 Å². The van der Waals surface area contributed by atoms with Gasteiger partial charge in [-0.15, -0.1) is 0 Å². The molecule has 5 atom stereocenters. The lowest BCUT2D eigenvalue weighted by molar-refractivity contribution is 0.0780. The van der Waals surface area contributed by atoms with Gasteiger partial charge < -0.3 is 0 Å². The van der Waals surface area contributed by atoms with Crippen molar-refractivity contribution in [2.24, 2.45) is 17.8 Å². The standard InChI is InChI=1S/C52H44N4/c1-34-27-37-28-35(2)31-51(30-34,32-37)40-23-25-42(26-24-40)52(41-17-7-4-8-18-41)45-21-10-9-19-43(45)47-44(20-12-22-46(47)52)50-55-48(38-14-5-3-6-15-38)54-49(56-50)39-16-11-13-36(29-39)33-53/h3-26,29,34-35,37H,27-28,30-32H2,1-2H3/t34-,35+,37?,51?,52?. The highest BCUT2D eigenvalue weighted by Gasteiger charge is 2.48. The summed E-state index contributed by atoms with van der Waals surface area (Å²) in [6.45, 7) is 4.95. The summed E-state index contributed by atoms with van der Waals surface area (Å²) in [5.41, 5.74) is 11.7. The summed E-state index contributed by atoms with van der Waals surface area (Å²) in [6.07, 6.45) is 6.63. The van der Waals surface area contributed by atoms with Crippen LogP contribution >= 0.6 is 0 Å². The fraction of sp³-hybridized carbons (Fsp3) is 0.231. The molecule has 0 amide bonds. The molecule has 0 aliphatic heterocycles. The van der Waals surface area contributed by atoms with E-state index in [0.717, 1.165) is 40.0 Å². The first-order valence-corrected chi connectivity index (χ1v) is 20.2. The van der Waals surface area contributed by atoms with Crippen molar-refractivity contribution in [2.45, 2.75) is 56.8 Å². The van der Waals surface area contributed by atoms with Crippen LogP contribution in [0.4, 0.5) is 0 Å². The molecule has 2 fully saturated rings. The second-order valence-corrected chi connectivity index (χ2v) is 16.8. The van der Waals surface area contributed by atoms with E-state index in [0.29, 0.717) is 23.0 Å². The van der Waals surface area contributed by atoms with Gasteiger partial charge >= 0.3 is 0 Å². The van der Waals surface area contributed by atoms with Crippen LogP contribution in [0.5, 0.6) is 0 Å². The van der Waals surface area contributed by atoms with Crippen molar-refractivity contribution in [2.75, 3.05) is 0 Å². The maximum Gasteiger partial charge on any atom is 0.164 e. The van der Waals surface area contributed by atoms with Crippen LogP contribution in [0.2, 0.25) is 0 Å². The molecule has 1 heterocycles. The number of hydrogen-bond acceptors (Lipinski definition) is 4. The Morgan fingerprint density at radius 1 is 0.518 bits per heavy atom. The van der Waals surface area contributed by atoms with Gasteiger partial charge in [0.2, 0.25) is 0 Å². The average molecular weight is 725 g/mol. The van der Waals surface area contributed by atoms with Gasteiger partial charge in [0.05, 0.1) is 17.0 Å². The van der Waals surface area contributed by atoms with Gasteiger partial charge in [-0.3, -0.25) is 0 Å². The third kappa shape index (κ3) is 5.52. The predicted octanol–water partition coefficient (Wildman–Crippen LogP) is 12.2. The number of benzene rings is 6. The zero-order valence-corrected chi connectivity index (χ0v) is 32.0. The van der Waals surface area contributed by atoms with E-state index in [2.05, 4.69) is 117 Å². The topological polar surface area (TPSA) is 62.5 Å². The summed E-state index contributed by atoms with van der Waals surface area (Å²) in [5.74, 6) is 4.09. The highest BCUT2D eigenvalue weighted by Crippen LogP contribution is 2.59. The molecule has 0 spiro atoms. The number of fused-ring (bicyclic) bond motifs is 5. The second-order valence-electron chi connectivity index (χ2n) is 16.8. The van der Waals surface area contributed by atoms with Crippen LogP contribution in [-0.4, -0.2) is 15.0 Å². The number of nitriles is 1. The number of rotatable bonds is 6. The van der Waals surface area contributed by atoms with E-state index < -0.39 is 5.41 Å². The molecule has 0 radical (unpaired) electrons. The molecule has 6 aromatic carbocycles. The highest BCUT2D eigenvalue weighted by molar-refractivity contribution is 5.94. The first kappa shape index (κ1) is 34.3. The maximum atomic E-state index is 9.75. The lowest BCUT2D eigenvalue weighted by Gasteiger charge is -2.50. The SMILES string of the molecule is C[C@@H]1CC2C[C@H](C)CC(c3ccc(C4(c5ccccc5)c5ccccc5-c5c(-c6nc(-c7ccccc7)nc(-c7cccc(C#N)c7)n6)cccc54)cc3)(C2)C1. The third-order valence-corrected chi connectivity index (χ3v) is 13.0. The maximum absolute atomic E-state index is 9.75. The van der Waals surface area contributed by atoms with Gasteiger partial charge in [0.25, 0.3) is 0 Å². The molecule has 4 nitrogen and oxygen atoms in total. The minimum atomic E-state index is -0.555. The first-order valence-electron chi connectivity index (χ1n) is 20.2. The molecule has 0 N–H and O–H groups in total. The van der Waals surface area contributed by atoms with Crippen LogP contribution in [0.3, 0.4) is 0 Å². The summed E-state index contributed by atoms with van der Waals surface area (Å²) in [6, 6.07) is 56.3. The molecule has 56 heavy (non-hydrogen) atoms. The van der Waals surface area contributed by atoms with E-state index in [4.69, 9.17) is 15.0 Å². The number of hydrogen-bond donors (Lipinski definition) is 0. The van der Waals surface area contributed by atoms with Gasteiger partial charge in [0.15, 0.2) is 17.5 Å². The summed E-state index contributed by atoms with van der Waals surface area (Å²) >= 11 is 0. The largest absolute Gasteiger partial charge is 0.208 e. The predicted molar refractivity (Wildman–Crippen MR) is 225 cm³/mol. The molecule has 10 rings (SSSR count). The van der Waals surface area contributed by atoms with Crippen LogP contribution in [0.1, 0.15) is 79.3 Å². The zero-order valence-electron chi connectivity index (χ0n) is 32.0. The summed E-state index contributed by atoms with van der Waals surface area (Å²) in [7, 11) is 0. The van der Waals surface area contributed by atoms with Crippen molar-refractivity contribution in [1.82, 2.24) is 15.0 Å². The molecule has 3 aliphatic rings.